The van der Waals surface area contributed by atoms with Crippen molar-refractivity contribution in [2.45, 2.75) is 35.5 Å². The first-order valence-corrected chi connectivity index (χ1v) is 16.7. The molecule has 0 radical (unpaired) electrons. The van der Waals surface area contributed by atoms with Gasteiger partial charge < -0.3 is 0 Å². The first-order chi connectivity index (χ1) is 14.8. The van der Waals surface area contributed by atoms with Crippen molar-refractivity contribution in [2.24, 2.45) is 0 Å². The normalized spacial score (nSPS) is 13.1. The fraction of sp³-hybridized carbons (Fsp3) is 0.400. The SMILES string of the molecule is O=S(=O)(CCCCCCS(=O)(=O)CS(=O)(=O)c1ccccc1)CS(=O)(=O)c1ccccc1. The van der Waals surface area contributed by atoms with Gasteiger partial charge in [0.2, 0.25) is 0 Å². The Labute approximate surface area is 190 Å². The summed E-state index contributed by atoms with van der Waals surface area (Å²) in [6.07, 6.45) is 1.14. The molecule has 0 fully saturated rings. The maximum atomic E-state index is 12.2. The van der Waals surface area contributed by atoms with Gasteiger partial charge in [0.05, 0.1) is 21.3 Å². The van der Waals surface area contributed by atoms with Crippen molar-refractivity contribution in [2.75, 3.05) is 21.7 Å². The molecule has 0 aliphatic carbocycles. The highest BCUT2D eigenvalue weighted by Gasteiger charge is 2.25. The molecule has 8 nitrogen and oxygen atoms in total. The fourth-order valence-corrected chi connectivity index (χ4v) is 11.2. The van der Waals surface area contributed by atoms with E-state index in [2.05, 4.69) is 0 Å². The van der Waals surface area contributed by atoms with E-state index in [1.807, 2.05) is 0 Å². The minimum absolute atomic E-state index is 0.0563. The zero-order chi connectivity index (χ0) is 23.9. The lowest BCUT2D eigenvalue weighted by Crippen LogP contribution is -2.20. The van der Waals surface area contributed by atoms with E-state index in [9.17, 15) is 33.7 Å². The van der Waals surface area contributed by atoms with Gasteiger partial charge in [-0.25, -0.2) is 33.7 Å². The second-order valence-corrected chi connectivity index (χ2v) is 16.5. The monoisotopic (exact) mass is 522 g/mol. The number of hydrogen-bond donors (Lipinski definition) is 0. The molecule has 0 aliphatic heterocycles. The summed E-state index contributed by atoms with van der Waals surface area (Å²) in [4.78, 5) is -0.113. The molecular formula is C20H26O8S4. The van der Waals surface area contributed by atoms with Gasteiger partial charge >= 0.3 is 0 Å². The maximum Gasteiger partial charge on any atom is 0.192 e. The zero-order valence-corrected chi connectivity index (χ0v) is 20.6. The number of unbranched alkanes of at least 4 members (excludes halogenated alkanes) is 3. The van der Waals surface area contributed by atoms with Crippen LogP contribution in [0.3, 0.4) is 0 Å². The molecule has 0 atom stereocenters. The Bertz CT molecular complexity index is 1190. The van der Waals surface area contributed by atoms with Crippen LogP contribution < -0.4 is 0 Å². The molecule has 0 N–H and O–H groups in total. The molecule has 178 valence electrons. The molecular weight excluding hydrogens is 496 g/mol. The Morgan fingerprint density at radius 1 is 0.438 bits per heavy atom. The van der Waals surface area contributed by atoms with E-state index in [1.54, 1.807) is 12.1 Å². The first kappa shape index (κ1) is 26.5. The summed E-state index contributed by atoms with van der Waals surface area (Å²) in [7, 11) is -15.6. The highest BCUT2D eigenvalue weighted by molar-refractivity contribution is 8.08. The molecule has 0 saturated heterocycles. The molecule has 0 spiro atoms. The van der Waals surface area contributed by atoms with Crippen LogP contribution in [0.1, 0.15) is 25.7 Å². The highest BCUT2D eigenvalue weighted by Crippen LogP contribution is 2.16. The Balaban J connectivity index is 1.76. The van der Waals surface area contributed by atoms with Gasteiger partial charge in [0.15, 0.2) is 49.5 Å². The lowest BCUT2D eigenvalue weighted by molar-refractivity contribution is 0.577. The highest BCUT2D eigenvalue weighted by atomic mass is 32.3. The van der Waals surface area contributed by atoms with Crippen molar-refractivity contribution in [3.05, 3.63) is 60.7 Å². The summed E-state index contributed by atoms with van der Waals surface area (Å²) in [6.45, 7) is 0. The second kappa shape index (κ2) is 10.9. The van der Waals surface area contributed by atoms with E-state index in [-0.39, 0.29) is 34.1 Å². The summed E-state index contributed by atoms with van der Waals surface area (Å²) in [5, 5.41) is -1.95. The summed E-state index contributed by atoms with van der Waals surface area (Å²) >= 11 is 0. The average Bonchev–Trinajstić information content (AvgIpc) is 2.70. The topological polar surface area (TPSA) is 137 Å². The Hall–Kier alpha value is -1.76. The largest absolute Gasteiger partial charge is 0.228 e. The molecule has 0 saturated carbocycles. The first-order valence-electron chi connectivity index (χ1n) is 9.79. The third-order valence-corrected chi connectivity index (χ3v) is 13.7. The Morgan fingerprint density at radius 2 is 0.750 bits per heavy atom. The summed E-state index contributed by atoms with van der Waals surface area (Å²) in [5.41, 5.74) is 0. The molecule has 12 heteroatoms. The van der Waals surface area contributed by atoms with Crippen LogP contribution >= 0.6 is 0 Å². The van der Waals surface area contributed by atoms with Gasteiger partial charge in [-0.05, 0) is 37.1 Å². The standard InChI is InChI=1S/C20H26O8S4/c21-29(22,17-31(25,26)19-11-5-3-6-12-19)15-9-1-2-10-16-30(23,24)18-32(27,28)20-13-7-4-8-14-20/h3-8,11-14H,1-2,9-10,15-18H2. The number of sulfone groups is 4. The van der Waals surface area contributed by atoms with E-state index in [0.717, 1.165) is 0 Å². The number of hydrogen-bond acceptors (Lipinski definition) is 8. The summed E-state index contributed by atoms with van der Waals surface area (Å²) in [5.74, 6) is -0.650. The minimum Gasteiger partial charge on any atom is -0.228 e. The summed E-state index contributed by atoms with van der Waals surface area (Å²) in [6, 6.07) is 14.7. The smallest absolute Gasteiger partial charge is 0.192 e. The molecule has 32 heavy (non-hydrogen) atoms. The molecule has 0 heterocycles. The quantitative estimate of drug-likeness (QED) is 0.365. The minimum atomic E-state index is -3.95. The van der Waals surface area contributed by atoms with Gasteiger partial charge in [-0.3, -0.25) is 0 Å². The van der Waals surface area contributed by atoms with E-state index in [0.29, 0.717) is 12.8 Å². The van der Waals surface area contributed by atoms with Gasteiger partial charge in [0.25, 0.3) is 0 Å². The summed E-state index contributed by atoms with van der Waals surface area (Å²) < 4.78 is 97.5. The molecule has 2 aromatic rings. The Kier molecular flexibility index (Phi) is 9.03. The van der Waals surface area contributed by atoms with Crippen LogP contribution in [0.4, 0.5) is 0 Å². The van der Waals surface area contributed by atoms with E-state index in [4.69, 9.17) is 0 Å². The third kappa shape index (κ3) is 8.64. The van der Waals surface area contributed by atoms with Crippen LogP contribution in [0.15, 0.2) is 70.5 Å². The lowest BCUT2D eigenvalue weighted by atomic mass is 10.2. The van der Waals surface area contributed by atoms with Gasteiger partial charge in [0.1, 0.15) is 0 Å². The molecule has 0 aliphatic rings. The van der Waals surface area contributed by atoms with E-state index < -0.39 is 49.5 Å². The predicted octanol–water partition coefficient (Wildman–Crippen LogP) is 2.24. The van der Waals surface area contributed by atoms with Crippen LogP contribution in [-0.4, -0.2) is 55.3 Å². The Morgan fingerprint density at radius 3 is 1.06 bits per heavy atom. The van der Waals surface area contributed by atoms with Crippen molar-refractivity contribution in [1.29, 1.82) is 0 Å². The van der Waals surface area contributed by atoms with Crippen molar-refractivity contribution < 1.29 is 33.7 Å². The molecule has 0 bridgehead atoms. The van der Waals surface area contributed by atoms with Crippen LogP contribution in [0.5, 0.6) is 0 Å². The van der Waals surface area contributed by atoms with Gasteiger partial charge in [-0.1, -0.05) is 49.2 Å². The van der Waals surface area contributed by atoms with Crippen LogP contribution in [-0.2, 0) is 39.3 Å². The van der Waals surface area contributed by atoms with E-state index in [1.165, 1.54) is 48.5 Å². The van der Waals surface area contributed by atoms with Crippen LogP contribution in [0.25, 0.3) is 0 Å². The van der Waals surface area contributed by atoms with Crippen molar-refractivity contribution >= 4 is 39.3 Å². The molecule has 0 amide bonds. The van der Waals surface area contributed by atoms with Crippen LogP contribution in [0, 0.1) is 0 Å². The molecule has 2 aromatic carbocycles. The van der Waals surface area contributed by atoms with Crippen molar-refractivity contribution in [1.82, 2.24) is 0 Å². The molecule has 0 aromatic heterocycles. The lowest BCUT2D eigenvalue weighted by Gasteiger charge is -2.07. The van der Waals surface area contributed by atoms with Gasteiger partial charge in [-0.2, -0.15) is 0 Å². The van der Waals surface area contributed by atoms with Crippen LogP contribution in [0.2, 0.25) is 0 Å². The fourth-order valence-electron chi connectivity index (χ4n) is 2.98. The zero-order valence-electron chi connectivity index (χ0n) is 17.3. The van der Waals surface area contributed by atoms with Gasteiger partial charge in [-0.15, -0.1) is 0 Å². The van der Waals surface area contributed by atoms with Crippen molar-refractivity contribution in [3.8, 4) is 0 Å². The molecule has 2 rings (SSSR count). The number of benzene rings is 2. The average molecular weight is 523 g/mol. The van der Waals surface area contributed by atoms with Gasteiger partial charge in [0, 0.05) is 0 Å². The number of rotatable bonds is 13. The maximum absolute atomic E-state index is 12.2. The third-order valence-electron chi connectivity index (χ3n) is 4.53. The molecule has 0 unspecified atom stereocenters. The van der Waals surface area contributed by atoms with Crippen molar-refractivity contribution in [3.63, 3.8) is 0 Å². The second-order valence-electron chi connectivity index (χ2n) is 7.40. The predicted molar refractivity (Wildman–Crippen MR) is 123 cm³/mol. The van der Waals surface area contributed by atoms with E-state index >= 15 is 0 Å².